The second-order valence-electron chi connectivity index (χ2n) is 5.30. The Balaban J connectivity index is 2.25. The molecule has 1 fully saturated rings. The molecule has 3 heteroatoms. The minimum atomic E-state index is -0.130. The van der Waals surface area contributed by atoms with Crippen molar-refractivity contribution >= 4 is 0 Å². The third-order valence-electron chi connectivity index (χ3n) is 4.09. The van der Waals surface area contributed by atoms with Crippen LogP contribution in [-0.2, 0) is 0 Å². The van der Waals surface area contributed by atoms with E-state index in [2.05, 4.69) is 12.2 Å². The maximum atomic E-state index is 14.3. The first-order valence-corrected chi connectivity index (χ1v) is 7.33. The molecule has 19 heavy (non-hydrogen) atoms. The predicted molar refractivity (Wildman–Crippen MR) is 76.2 cm³/mol. The maximum Gasteiger partial charge on any atom is 0.130 e. The predicted octanol–water partition coefficient (Wildman–Crippen LogP) is 3.86. The van der Waals surface area contributed by atoms with Gasteiger partial charge in [0.05, 0.1) is 7.11 Å². The normalized spacial score (nSPS) is 23.9. The number of hydrogen-bond donors (Lipinski definition) is 1. The van der Waals surface area contributed by atoms with E-state index in [1.54, 1.807) is 7.11 Å². The van der Waals surface area contributed by atoms with Crippen molar-refractivity contribution in [2.75, 3.05) is 13.7 Å². The van der Waals surface area contributed by atoms with E-state index in [1.165, 1.54) is 25.3 Å². The van der Waals surface area contributed by atoms with E-state index >= 15 is 0 Å². The van der Waals surface area contributed by atoms with Gasteiger partial charge in [-0.05, 0) is 31.0 Å². The fourth-order valence-electron chi connectivity index (χ4n) is 3.12. The van der Waals surface area contributed by atoms with Gasteiger partial charge >= 0.3 is 0 Å². The van der Waals surface area contributed by atoms with Crippen LogP contribution >= 0.6 is 0 Å². The summed E-state index contributed by atoms with van der Waals surface area (Å²) in [7, 11) is 1.57. The summed E-state index contributed by atoms with van der Waals surface area (Å²) < 4.78 is 19.3. The lowest BCUT2D eigenvalue weighted by Crippen LogP contribution is -2.34. The largest absolute Gasteiger partial charge is 0.497 e. The molecule has 0 saturated heterocycles. The van der Waals surface area contributed by atoms with Crippen LogP contribution in [0.3, 0.4) is 0 Å². The van der Waals surface area contributed by atoms with Crippen molar-refractivity contribution in [3.05, 3.63) is 29.6 Å². The fourth-order valence-corrected chi connectivity index (χ4v) is 3.12. The number of nitrogens with one attached hydrogen (secondary N) is 1. The quantitative estimate of drug-likeness (QED) is 0.835. The van der Waals surface area contributed by atoms with Crippen LogP contribution in [0.2, 0.25) is 0 Å². The van der Waals surface area contributed by atoms with Crippen molar-refractivity contribution in [2.24, 2.45) is 0 Å². The van der Waals surface area contributed by atoms with E-state index in [0.717, 1.165) is 24.9 Å². The minimum Gasteiger partial charge on any atom is -0.497 e. The number of hydrogen-bond acceptors (Lipinski definition) is 2. The molecule has 1 N–H and O–H groups in total. The van der Waals surface area contributed by atoms with E-state index in [1.807, 2.05) is 12.1 Å². The van der Waals surface area contributed by atoms with Crippen molar-refractivity contribution in [1.82, 2.24) is 5.32 Å². The molecular weight excluding hydrogens is 241 g/mol. The fraction of sp³-hybridized carbons (Fsp3) is 0.625. The molecule has 0 aliphatic heterocycles. The van der Waals surface area contributed by atoms with Crippen molar-refractivity contribution in [3.8, 4) is 5.75 Å². The first kappa shape index (κ1) is 14.3. The van der Waals surface area contributed by atoms with Crippen molar-refractivity contribution in [1.29, 1.82) is 0 Å². The van der Waals surface area contributed by atoms with Crippen LogP contribution in [0.15, 0.2) is 18.2 Å². The van der Waals surface area contributed by atoms with E-state index in [0.29, 0.717) is 11.8 Å². The molecule has 0 spiro atoms. The zero-order valence-electron chi connectivity index (χ0n) is 11.9. The third-order valence-corrected chi connectivity index (χ3v) is 4.09. The van der Waals surface area contributed by atoms with Gasteiger partial charge in [0.25, 0.3) is 0 Å². The summed E-state index contributed by atoms with van der Waals surface area (Å²) in [6, 6.07) is 5.67. The highest BCUT2D eigenvalue weighted by atomic mass is 19.1. The second kappa shape index (κ2) is 6.90. The molecule has 0 bridgehead atoms. The topological polar surface area (TPSA) is 21.3 Å². The molecule has 0 amide bonds. The van der Waals surface area contributed by atoms with Gasteiger partial charge < -0.3 is 10.1 Å². The van der Waals surface area contributed by atoms with Crippen LogP contribution < -0.4 is 10.1 Å². The summed E-state index contributed by atoms with van der Waals surface area (Å²) in [5.41, 5.74) is 0.841. The number of benzene rings is 1. The molecule has 1 aliphatic rings. The Hall–Kier alpha value is -1.09. The standard InChI is InChI=1S/C16H24FNO/c1-3-18-16-8-6-4-5-7-14(16)13-10-9-12(19-2)11-15(13)17/h9-11,14,16,18H,3-8H2,1-2H3. The molecule has 2 rings (SSSR count). The van der Waals surface area contributed by atoms with E-state index < -0.39 is 0 Å². The van der Waals surface area contributed by atoms with Crippen LogP contribution in [0.25, 0.3) is 0 Å². The van der Waals surface area contributed by atoms with Crippen LogP contribution in [0, 0.1) is 5.82 Å². The van der Waals surface area contributed by atoms with E-state index in [9.17, 15) is 4.39 Å². The summed E-state index contributed by atoms with van der Waals surface area (Å²) >= 11 is 0. The first-order valence-electron chi connectivity index (χ1n) is 7.33. The molecule has 0 heterocycles. The van der Waals surface area contributed by atoms with E-state index in [4.69, 9.17) is 4.74 Å². The summed E-state index contributed by atoms with van der Waals surface area (Å²) in [5, 5.41) is 3.53. The van der Waals surface area contributed by atoms with Crippen LogP contribution in [0.4, 0.5) is 4.39 Å². The molecule has 1 aromatic rings. The van der Waals surface area contributed by atoms with Gasteiger partial charge in [-0.3, -0.25) is 0 Å². The van der Waals surface area contributed by atoms with Crippen LogP contribution in [0.5, 0.6) is 5.75 Å². The first-order chi connectivity index (χ1) is 9.26. The average molecular weight is 265 g/mol. The second-order valence-corrected chi connectivity index (χ2v) is 5.30. The number of halogens is 1. The SMILES string of the molecule is CCNC1CCCCCC1c1ccc(OC)cc1F. The van der Waals surface area contributed by atoms with Gasteiger partial charge in [-0.1, -0.05) is 32.3 Å². The molecule has 1 saturated carbocycles. The minimum absolute atomic E-state index is 0.130. The molecule has 1 aliphatic carbocycles. The Labute approximate surface area is 115 Å². The van der Waals surface area contributed by atoms with Gasteiger partial charge in [-0.2, -0.15) is 0 Å². The molecule has 2 atom stereocenters. The zero-order valence-corrected chi connectivity index (χ0v) is 11.9. The van der Waals surface area contributed by atoms with Crippen LogP contribution in [-0.4, -0.2) is 19.7 Å². The Morgan fingerprint density at radius 2 is 2.05 bits per heavy atom. The summed E-state index contributed by atoms with van der Waals surface area (Å²) in [5.74, 6) is 0.748. The number of ether oxygens (including phenoxy) is 1. The highest BCUT2D eigenvalue weighted by Crippen LogP contribution is 2.34. The van der Waals surface area contributed by atoms with Crippen molar-refractivity contribution in [2.45, 2.75) is 51.0 Å². The summed E-state index contributed by atoms with van der Waals surface area (Å²) in [4.78, 5) is 0. The average Bonchev–Trinajstić information content (AvgIpc) is 2.65. The number of rotatable bonds is 4. The lowest BCUT2D eigenvalue weighted by Gasteiger charge is -2.26. The lowest BCUT2D eigenvalue weighted by molar-refractivity contribution is 0.397. The monoisotopic (exact) mass is 265 g/mol. The van der Waals surface area contributed by atoms with Gasteiger partial charge in [-0.25, -0.2) is 4.39 Å². The Kier molecular flexibility index (Phi) is 5.20. The molecule has 106 valence electrons. The molecular formula is C16H24FNO. The summed E-state index contributed by atoms with van der Waals surface area (Å²) in [6.45, 7) is 3.06. The van der Waals surface area contributed by atoms with E-state index in [-0.39, 0.29) is 11.7 Å². The van der Waals surface area contributed by atoms with Gasteiger partial charge in [0.1, 0.15) is 11.6 Å². The van der Waals surface area contributed by atoms with Crippen LogP contribution in [0.1, 0.15) is 50.5 Å². The Morgan fingerprint density at radius 3 is 2.74 bits per heavy atom. The van der Waals surface area contributed by atoms with Gasteiger partial charge in [0.15, 0.2) is 0 Å². The molecule has 2 unspecified atom stereocenters. The zero-order chi connectivity index (χ0) is 13.7. The highest BCUT2D eigenvalue weighted by Gasteiger charge is 2.26. The van der Waals surface area contributed by atoms with Gasteiger partial charge in [-0.15, -0.1) is 0 Å². The lowest BCUT2D eigenvalue weighted by atomic mass is 9.87. The molecule has 2 nitrogen and oxygen atoms in total. The molecule has 0 aromatic heterocycles. The number of likely N-dealkylation sites (N-methyl/N-ethyl adjacent to an activating group) is 1. The van der Waals surface area contributed by atoms with Gasteiger partial charge in [0, 0.05) is 18.0 Å². The molecule has 0 radical (unpaired) electrons. The Morgan fingerprint density at radius 1 is 1.26 bits per heavy atom. The van der Waals surface area contributed by atoms with Crippen molar-refractivity contribution in [3.63, 3.8) is 0 Å². The smallest absolute Gasteiger partial charge is 0.130 e. The summed E-state index contributed by atoms with van der Waals surface area (Å²) in [6.07, 6.45) is 5.91. The van der Waals surface area contributed by atoms with Crippen molar-refractivity contribution < 1.29 is 9.13 Å². The number of methoxy groups -OCH3 is 1. The highest BCUT2D eigenvalue weighted by molar-refractivity contribution is 5.32. The van der Waals surface area contributed by atoms with Gasteiger partial charge in [0.2, 0.25) is 0 Å². The third kappa shape index (κ3) is 3.47. The maximum absolute atomic E-state index is 14.3. The molecule has 1 aromatic carbocycles. The Bertz CT molecular complexity index is 408.